The van der Waals surface area contributed by atoms with Crippen molar-refractivity contribution in [2.75, 3.05) is 24.6 Å². The van der Waals surface area contributed by atoms with Crippen molar-refractivity contribution < 1.29 is 13.4 Å². The van der Waals surface area contributed by atoms with E-state index in [1.807, 2.05) is 43.5 Å². The summed E-state index contributed by atoms with van der Waals surface area (Å²) in [4.78, 5) is 19.6. The highest BCUT2D eigenvalue weighted by Crippen LogP contribution is 2.34. The number of carbonyl (C=O) groups excluding carboxylic acids is 1. The minimum atomic E-state index is -0.863. The van der Waals surface area contributed by atoms with E-state index in [1.54, 1.807) is 28.0 Å². The Kier molecular flexibility index (Phi) is 5.89. The number of rotatable bonds is 4. The fourth-order valence-corrected chi connectivity index (χ4v) is 6.62. The minimum absolute atomic E-state index is 0.104. The molecule has 2 atom stereocenters. The largest absolute Gasteiger partial charge is 0.451 e. The van der Waals surface area contributed by atoms with Crippen molar-refractivity contribution in [1.29, 1.82) is 0 Å². The molecule has 1 aromatic carbocycles. The summed E-state index contributed by atoms with van der Waals surface area (Å²) in [5, 5.41) is 3.00. The molecule has 3 aromatic rings. The van der Waals surface area contributed by atoms with Crippen LogP contribution in [0.4, 0.5) is 0 Å². The number of hydrogen-bond acceptors (Lipinski definition) is 6. The smallest absolute Gasteiger partial charge is 0.289 e. The van der Waals surface area contributed by atoms with Gasteiger partial charge in [0.15, 0.2) is 5.76 Å². The second-order valence-electron chi connectivity index (χ2n) is 7.12. The van der Waals surface area contributed by atoms with Crippen molar-refractivity contribution >= 4 is 50.8 Å². The van der Waals surface area contributed by atoms with Gasteiger partial charge in [0.25, 0.3) is 5.91 Å². The van der Waals surface area contributed by atoms with E-state index in [0.717, 1.165) is 26.6 Å². The molecular formula is C20H22N2O3S3. The molecule has 1 amide bonds. The summed E-state index contributed by atoms with van der Waals surface area (Å²) in [5.41, 5.74) is 2.65. The molecule has 0 unspecified atom stereocenters. The maximum atomic E-state index is 13.3. The monoisotopic (exact) mass is 434 g/mol. The Morgan fingerprint density at radius 3 is 3.04 bits per heavy atom. The molecule has 8 heteroatoms. The Balaban J connectivity index is 1.65. The highest BCUT2D eigenvalue weighted by atomic mass is 32.2. The number of para-hydroxylation sites is 1. The minimum Gasteiger partial charge on any atom is -0.451 e. The summed E-state index contributed by atoms with van der Waals surface area (Å²) >= 11 is 3.24. The van der Waals surface area contributed by atoms with Gasteiger partial charge in [-0.2, -0.15) is 0 Å². The predicted molar refractivity (Wildman–Crippen MR) is 116 cm³/mol. The van der Waals surface area contributed by atoms with E-state index in [1.165, 1.54) is 0 Å². The van der Waals surface area contributed by atoms with Crippen LogP contribution in [0, 0.1) is 12.8 Å². The summed E-state index contributed by atoms with van der Waals surface area (Å²) < 4.78 is 19.0. The number of benzene rings is 1. The summed E-state index contributed by atoms with van der Waals surface area (Å²) in [5.74, 6) is 2.32. The molecule has 0 N–H and O–H groups in total. The lowest BCUT2D eigenvalue weighted by atomic mass is 10.1. The molecule has 0 bridgehead atoms. The number of hydrogen-bond donors (Lipinski definition) is 0. The molecule has 5 nitrogen and oxygen atoms in total. The SMILES string of the molecule is Cc1csc(SCc2c(C(=O)N3CC[S@](=O)C[C@@H](C)C3)oc3ccccc23)n1. The van der Waals surface area contributed by atoms with Gasteiger partial charge in [-0.25, -0.2) is 4.98 Å². The number of amides is 1. The average molecular weight is 435 g/mol. The van der Waals surface area contributed by atoms with Gasteiger partial charge in [0.2, 0.25) is 0 Å². The third kappa shape index (κ3) is 4.18. The fraction of sp³-hybridized carbons (Fsp3) is 0.400. The number of nitrogens with zero attached hydrogens (tertiary/aromatic N) is 2. The van der Waals surface area contributed by atoms with Crippen LogP contribution in [0.25, 0.3) is 11.0 Å². The van der Waals surface area contributed by atoms with Crippen LogP contribution in [0.5, 0.6) is 0 Å². The normalized spacial score (nSPS) is 20.4. The zero-order valence-electron chi connectivity index (χ0n) is 15.8. The van der Waals surface area contributed by atoms with Crippen LogP contribution in [-0.4, -0.2) is 44.6 Å². The third-order valence-corrected chi connectivity index (χ3v) is 8.45. The quantitative estimate of drug-likeness (QED) is 0.572. The molecule has 28 heavy (non-hydrogen) atoms. The molecule has 1 aliphatic heterocycles. The third-order valence-electron chi connectivity index (χ3n) is 4.71. The Hall–Kier alpha value is -1.64. The van der Waals surface area contributed by atoms with E-state index in [0.29, 0.717) is 36.1 Å². The molecule has 148 valence electrons. The van der Waals surface area contributed by atoms with Gasteiger partial charge in [-0.05, 0) is 18.9 Å². The topological polar surface area (TPSA) is 63.4 Å². The van der Waals surface area contributed by atoms with E-state index in [2.05, 4.69) is 4.98 Å². The first-order valence-electron chi connectivity index (χ1n) is 9.21. The van der Waals surface area contributed by atoms with Gasteiger partial charge >= 0.3 is 0 Å². The van der Waals surface area contributed by atoms with E-state index in [9.17, 15) is 9.00 Å². The lowest BCUT2D eigenvalue weighted by Crippen LogP contribution is -2.35. The zero-order valence-corrected chi connectivity index (χ0v) is 18.3. The van der Waals surface area contributed by atoms with E-state index < -0.39 is 10.8 Å². The molecule has 2 aromatic heterocycles. The molecule has 0 saturated carbocycles. The molecule has 0 spiro atoms. The fourth-order valence-electron chi connectivity index (χ4n) is 3.41. The first-order chi connectivity index (χ1) is 13.5. The summed E-state index contributed by atoms with van der Waals surface area (Å²) in [6.07, 6.45) is 0. The van der Waals surface area contributed by atoms with Crippen molar-refractivity contribution in [2.45, 2.75) is 23.9 Å². The van der Waals surface area contributed by atoms with Crippen molar-refractivity contribution in [3.63, 3.8) is 0 Å². The lowest BCUT2D eigenvalue weighted by Gasteiger charge is -2.21. The Morgan fingerprint density at radius 1 is 1.43 bits per heavy atom. The number of thiazole rings is 1. The number of aryl methyl sites for hydroxylation is 1. The van der Waals surface area contributed by atoms with Crippen LogP contribution >= 0.6 is 23.1 Å². The molecule has 1 saturated heterocycles. The molecule has 0 radical (unpaired) electrons. The molecular weight excluding hydrogens is 412 g/mol. The van der Waals surface area contributed by atoms with Crippen molar-refractivity contribution in [3.8, 4) is 0 Å². The number of furan rings is 1. The second kappa shape index (κ2) is 8.39. The maximum absolute atomic E-state index is 13.3. The van der Waals surface area contributed by atoms with Crippen LogP contribution in [0.2, 0.25) is 0 Å². The summed E-state index contributed by atoms with van der Waals surface area (Å²) in [6.45, 7) is 5.14. The lowest BCUT2D eigenvalue weighted by molar-refractivity contribution is 0.0721. The Bertz CT molecular complexity index is 1030. The van der Waals surface area contributed by atoms with Crippen LogP contribution in [0.15, 0.2) is 38.4 Å². The highest BCUT2D eigenvalue weighted by Gasteiger charge is 2.28. The molecule has 4 rings (SSSR count). The standard InChI is InChI=1S/C20H22N2O3S3/c1-13-9-22(7-8-28(24)12-13)19(23)18-16(11-27-20-21-14(2)10-26-20)15-5-3-4-6-17(15)25-18/h3-6,10,13H,7-9,11-12H2,1-2H3/t13-,28-/m0/s1. The van der Waals surface area contributed by atoms with Crippen LogP contribution in [0.1, 0.15) is 28.7 Å². The number of carbonyl (C=O) groups is 1. The van der Waals surface area contributed by atoms with Crippen molar-refractivity contribution in [2.24, 2.45) is 5.92 Å². The first kappa shape index (κ1) is 19.7. The number of aromatic nitrogens is 1. The number of fused-ring (bicyclic) bond motifs is 1. The van der Waals surface area contributed by atoms with Gasteiger partial charge in [0, 0.05) is 63.2 Å². The van der Waals surface area contributed by atoms with Crippen LogP contribution in [0.3, 0.4) is 0 Å². The van der Waals surface area contributed by atoms with Crippen LogP contribution in [-0.2, 0) is 16.6 Å². The second-order valence-corrected chi connectivity index (χ2v) is 10.8. The van der Waals surface area contributed by atoms with E-state index in [-0.39, 0.29) is 11.8 Å². The van der Waals surface area contributed by atoms with Crippen LogP contribution < -0.4 is 0 Å². The first-order valence-corrected chi connectivity index (χ1v) is 12.6. The molecule has 0 aliphatic carbocycles. The predicted octanol–water partition coefficient (Wildman–Crippen LogP) is 4.33. The van der Waals surface area contributed by atoms with Crippen molar-refractivity contribution in [1.82, 2.24) is 9.88 Å². The zero-order chi connectivity index (χ0) is 19.7. The number of thioether (sulfide) groups is 1. The Morgan fingerprint density at radius 2 is 2.25 bits per heavy atom. The van der Waals surface area contributed by atoms with Gasteiger partial charge < -0.3 is 9.32 Å². The van der Waals surface area contributed by atoms with Gasteiger partial charge in [0.05, 0.1) is 0 Å². The molecule has 3 heterocycles. The Labute approximate surface area is 175 Å². The molecule has 1 aliphatic rings. The van der Waals surface area contributed by atoms with Gasteiger partial charge in [-0.3, -0.25) is 9.00 Å². The van der Waals surface area contributed by atoms with Gasteiger partial charge in [-0.1, -0.05) is 36.9 Å². The summed E-state index contributed by atoms with van der Waals surface area (Å²) in [7, 11) is -0.863. The van der Waals surface area contributed by atoms with E-state index >= 15 is 0 Å². The van der Waals surface area contributed by atoms with E-state index in [4.69, 9.17) is 4.42 Å². The maximum Gasteiger partial charge on any atom is 0.289 e. The van der Waals surface area contributed by atoms with Gasteiger partial charge in [0.1, 0.15) is 9.92 Å². The highest BCUT2D eigenvalue weighted by molar-refractivity contribution is 8.00. The average Bonchev–Trinajstić information content (AvgIpc) is 3.20. The van der Waals surface area contributed by atoms with Gasteiger partial charge in [-0.15, -0.1) is 11.3 Å². The molecule has 1 fully saturated rings. The van der Waals surface area contributed by atoms with Crippen molar-refractivity contribution in [3.05, 3.63) is 46.7 Å². The summed E-state index contributed by atoms with van der Waals surface area (Å²) in [6, 6.07) is 7.77.